The molecule has 0 aromatic carbocycles. The van der Waals surface area contributed by atoms with Gasteiger partial charge < -0.3 is 0 Å². The van der Waals surface area contributed by atoms with Crippen molar-refractivity contribution in [2.45, 2.75) is 8.76 Å². The van der Waals surface area contributed by atoms with Crippen molar-refractivity contribution in [2.24, 2.45) is 0 Å². The van der Waals surface area contributed by atoms with Crippen LogP contribution in [0.25, 0.3) is 0 Å². The maximum atomic E-state index is 11.4. The minimum atomic E-state index is -4.10. The molecule has 0 nitrogen and oxygen atoms in total. The van der Waals surface area contributed by atoms with E-state index in [1.165, 1.54) is 15.9 Å². The third-order valence-electron chi connectivity index (χ3n) is 0.321. The third kappa shape index (κ3) is 2.47. The van der Waals surface area contributed by atoms with Crippen LogP contribution >= 0.6 is 38.5 Å². The van der Waals surface area contributed by atoms with E-state index in [2.05, 4.69) is 0 Å². The van der Waals surface area contributed by atoms with Crippen molar-refractivity contribution in [3.05, 3.63) is 0 Å². The first-order chi connectivity index (χ1) is 3.25. The Balaban J connectivity index is 4.02. The van der Waals surface area contributed by atoms with Crippen LogP contribution in [0.4, 0.5) is 17.6 Å². The lowest BCUT2D eigenvalue weighted by molar-refractivity contribution is -0.0643. The van der Waals surface area contributed by atoms with Gasteiger partial charge in [0.05, 0.1) is 0 Å². The Bertz CT molecular complexity index is 69.0. The van der Waals surface area contributed by atoms with E-state index in [4.69, 9.17) is 0 Å². The predicted octanol–water partition coefficient (Wildman–Crippen LogP) is 3.00. The van der Waals surface area contributed by atoms with Gasteiger partial charge in [-0.1, -0.05) is 0 Å². The van der Waals surface area contributed by atoms with E-state index < -0.39 is 8.76 Å². The Morgan fingerprint density at radius 1 is 1.12 bits per heavy atom. The van der Waals surface area contributed by atoms with Crippen molar-refractivity contribution in [2.75, 3.05) is 0 Å². The van der Waals surface area contributed by atoms with Crippen LogP contribution in [0.3, 0.4) is 0 Å². The molecule has 8 heavy (non-hydrogen) atoms. The number of rotatable bonds is 1. The summed E-state index contributed by atoms with van der Waals surface area (Å²) in [6, 6.07) is 0. The van der Waals surface area contributed by atoms with E-state index in [0.717, 1.165) is 0 Å². The van der Waals surface area contributed by atoms with Gasteiger partial charge in [-0.15, -0.1) is 0 Å². The Hall–Kier alpha value is 0.930. The van der Waals surface area contributed by atoms with E-state index in [1.807, 2.05) is 0 Å². The Morgan fingerprint density at radius 2 is 1.25 bits per heavy atom. The molecule has 0 unspecified atom stereocenters. The second kappa shape index (κ2) is 2.28. The maximum absolute atomic E-state index is 11.4. The van der Waals surface area contributed by atoms with E-state index in [1.54, 1.807) is 0 Å². The van der Waals surface area contributed by atoms with Gasteiger partial charge in [-0.3, -0.25) is 0 Å². The zero-order valence-corrected chi connectivity index (χ0v) is 7.01. The molecule has 0 fully saturated rings. The average Bonchev–Trinajstić information content (AvgIpc) is 1.25. The van der Waals surface area contributed by atoms with Crippen molar-refractivity contribution in [1.29, 1.82) is 0 Å². The molecular formula is C2BrF4I. The zero-order valence-electron chi connectivity index (χ0n) is 3.27. The molecule has 0 amide bonds. The summed E-state index contributed by atoms with van der Waals surface area (Å²) in [7, 11) is 0. The lowest BCUT2D eigenvalue weighted by Crippen LogP contribution is -2.27. The number of halogens is 6. The topological polar surface area (TPSA) is 0 Å². The normalized spacial score (nSPS) is 14.2. The van der Waals surface area contributed by atoms with Crippen LogP contribution in [0, 0.1) is 0 Å². The molecule has 0 heterocycles. The number of hydrogen-bond acceptors (Lipinski definition) is 0. The molecule has 0 saturated heterocycles. The summed E-state index contributed by atoms with van der Waals surface area (Å²) in [5, 5.41) is 0. The van der Waals surface area contributed by atoms with Crippen molar-refractivity contribution >= 4 is 38.5 Å². The first kappa shape index (κ1) is 8.93. The van der Waals surface area contributed by atoms with Crippen LogP contribution in [-0.4, -0.2) is 8.76 Å². The van der Waals surface area contributed by atoms with E-state index in [0.29, 0.717) is 22.6 Å². The molecule has 0 N–H and O–H groups in total. The molecule has 0 aliphatic rings. The zero-order chi connectivity index (χ0) is 7.00. The minimum Gasteiger partial charge on any atom is -0.187 e. The van der Waals surface area contributed by atoms with Gasteiger partial charge in [-0.05, 0) is 15.9 Å². The lowest BCUT2D eigenvalue weighted by Gasteiger charge is -2.13. The molecule has 0 radical (unpaired) electrons. The van der Waals surface area contributed by atoms with Gasteiger partial charge >= 0.3 is 8.76 Å². The number of alkyl halides is 6. The summed E-state index contributed by atoms with van der Waals surface area (Å²) in [5.41, 5.74) is 0. The maximum Gasteiger partial charge on any atom is 0.372 e. The van der Waals surface area contributed by atoms with Crippen LogP contribution in [0.5, 0.6) is 0 Å². The predicted molar refractivity (Wildman–Crippen MR) is 32.8 cm³/mol. The number of hydrogen-bond donors (Lipinski definition) is 0. The largest absolute Gasteiger partial charge is 0.372 e. The summed E-state index contributed by atoms with van der Waals surface area (Å²) < 4.78 is 41.6. The average molecular weight is 307 g/mol. The SMILES string of the molecule is FC(F)(Br)C(F)(F)I. The molecule has 0 atom stereocenters. The standard InChI is InChI=1S/C2BrF4I/c3-1(4,5)2(6,7)8. The molecular weight excluding hydrogens is 307 g/mol. The highest BCUT2D eigenvalue weighted by Crippen LogP contribution is 2.43. The molecule has 0 aromatic rings. The molecule has 0 saturated carbocycles. The van der Waals surface area contributed by atoms with Crippen LogP contribution in [0.1, 0.15) is 0 Å². The fourth-order valence-corrected chi connectivity index (χ4v) is 0. The highest BCUT2D eigenvalue weighted by molar-refractivity contribution is 14.1. The molecule has 0 aromatic heterocycles. The third-order valence-corrected chi connectivity index (χ3v) is 2.24. The highest BCUT2D eigenvalue weighted by atomic mass is 127. The van der Waals surface area contributed by atoms with Gasteiger partial charge in [-0.25, -0.2) is 0 Å². The Labute approximate surface area is 64.9 Å². The van der Waals surface area contributed by atoms with Crippen LogP contribution < -0.4 is 0 Å². The Morgan fingerprint density at radius 3 is 1.25 bits per heavy atom. The van der Waals surface area contributed by atoms with Gasteiger partial charge in [0.1, 0.15) is 0 Å². The van der Waals surface area contributed by atoms with Gasteiger partial charge in [0.15, 0.2) is 0 Å². The second-order valence-electron chi connectivity index (χ2n) is 0.996. The van der Waals surface area contributed by atoms with E-state index in [9.17, 15) is 17.6 Å². The van der Waals surface area contributed by atoms with Crippen molar-refractivity contribution in [3.63, 3.8) is 0 Å². The lowest BCUT2D eigenvalue weighted by atomic mass is 10.8. The summed E-state index contributed by atoms with van der Waals surface area (Å²) in [5.74, 6) is 0. The monoisotopic (exact) mass is 306 g/mol. The van der Waals surface area contributed by atoms with Crippen molar-refractivity contribution < 1.29 is 17.6 Å². The Kier molecular flexibility index (Phi) is 2.54. The van der Waals surface area contributed by atoms with Gasteiger partial charge in [-0.2, -0.15) is 17.6 Å². The smallest absolute Gasteiger partial charge is 0.187 e. The second-order valence-corrected chi connectivity index (χ2v) is 3.35. The summed E-state index contributed by atoms with van der Waals surface area (Å²) >= 11 is 1.86. The molecule has 0 spiro atoms. The fourth-order valence-electron chi connectivity index (χ4n) is 0. The van der Waals surface area contributed by atoms with Gasteiger partial charge in [0.2, 0.25) is 0 Å². The molecule has 0 bridgehead atoms. The van der Waals surface area contributed by atoms with Crippen LogP contribution in [0.2, 0.25) is 0 Å². The van der Waals surface area contributed by atoms with Crippen molar-refractivity contribution in [1.82, 2.24) is 0 Å². The van der Waals surface area contributed by atoms with Crippen molar-refractivity contribution in [3.8, 4) is 0 Å². The highest BCUT2D eigenvalue weighted by Gasteiger charge is 2.51. The minimum absolute atomic E-state index is 0.353. The van der Waals surface area contributed by atoms with Crippen LogP contribution in [-0.2, 0) is 0 Å². The first-order valence-electron chi connectivity index (χ1n) is 1.38. The quantitative estimate of drug-likeness (QED) is 0.397. The van der Waals surface area contributed by atoms with E-state index >= 15 is 0 Å². The molecule has 50 valence electrons. The van der Waals surface area contributed by atoms with Gasteiger partial charge in [0.25, 0.3) is 0 Å². The summed E-state index contributed by atoms with van der Waals surface area (Å²) in [4.78, 5) is -4.10. The molecule has 0 aliphatic carbocycles. The molecule has 6 heteroatoms. The fraction of sp³-hybridized carbons (Fsp3) is 1.00. The summed E-state index contributed by atoms with van der Waals surface area (Å²) in [6.07, 6.45) is 0. The molecule has 0 rings (SSSR count). The van der Waals surface area contributed by atoms with Gasteiger partial charge in [0, 0.05) is 22.6 Å². The first-order valence-corrected chi connectivity index (χ1v) is 3.26. The molecule has 0 aliphatic heterocycles. The van der Waals surface area contributed by atoms with Crippen LogP contribution in [0.15, 0.2) is 0 Å². The van der Waals surface area contributed by atoms with E-state index in [-0.39, 0.29) is 0 Å². The summed E-state index contributed by atoms with van der Waals surface area (Å²) in [6.45, 7) is 0.